The quantitative estimate of drug-likeness (QED) is 0.746. The van der Waals surface area contributed by atoms with Gasteiger partial charge in [-0.25, -0.2) is 8.42 Å². The summed E-state index contributed by atoms with van der Waals surface area (Å²) in [6.07, 6.45) is 3.17. The van der Waals surface area contributed by atoms with Gasteiger partial charge in [-0.1, -0.05) is 0 Å². The minimum absolute atomic E-state index is 0.175. The van der Waals surface area contributed by atoms with E-state index in [2.05, 4.69) is 21.2 Å². The first-order valence-electron chi connectivity index (χ1n) is 9.35. The Kier molecular flexibility index (Phi) is 5.11. The third-order valence-corrected chi connectivity index (χ3v) is 7.21. The van der Waals surface area contributed by atoms with Gasteiger partial charge < -0.3 is 14.4 Å². The summed E-state index contributed by atoms with van der Waals surface area (Å²) >= 11 is 0. The molecule has 0 atom stereocenters. The number of methoxy groups -OCH3 is 2. The van der Waals surface area contributed by atoms with Gasteiger partial charge in [0.2, 0.25) is 10.0 Å². The molecular weight excluding hydrogens is 380 g/mol. The van der Waals surface area contributed by atoms with Crippen LogP contribution in [0.3, 0.4) is 0 Å². The molecule has 28 heavy (non-hydrogen) atoms. The predicted octanol–water partition coefficient (Wildman–Crippen LogP) is 1.49. The van der Waals surface area contributed by atoms with Gasteiger partial charge in [-0.15, -0.1) is 5.10 Å². The third-order valence-electron chi connectivity index (χ3n) is 5.33. The smallest absolute Gasteiger partial charge is 0.243 e. The third kappa shape index (κ3) is 3.51. The molecule has 0 bridgehead atoms. The molecular formula is C19H24N4O4S. The predicted molar refractivity (Wildman–Crippen MR) is 105 cm³/mol. The second-order valence-electron chi connectivity index (χ2n) is 6.97. The van der Waals surface area contributed by atoms with E-state index in [1.807, 2.05) is 0 Å². The SMILES string of the molecule is COc1cc(OC)cc(S(=O)(=O)N2CCN(c3cc4c(nn3)CCC4)CC2)c1. The van der Waals surface area contributed by atoms with Crippen molar-refractivity contribution in [3.8, 4) is 11.5 Å². The van der Waals surface area contributed by atoms with Crippen LogP contribution >= 0.6 is 0 Å². The molecule has 0 saturated carbocycles. The van der Waals surface area contributed by atoms with Crippen molar-refractivity contribution < 1.29 is 17.9 Å². The second kappa shape index (κ2) is 7.56. The highest BCUT2D eigenvalue weighted by atomic mass is 32.2. The number of fused-ring (bicyclic) bond motifs is 1. The molecule has 1 aromatic carbocycles. The van der Waals surface area contributed by atoms with Crippen molar-refractivity contribution in [2.75, 3.05) is 45.3 Å². The van der Waals surface area contributed by atoms with E-state index >= 15 is 0 Å². The van der Waals surface area contributed by atoms with E-state index in [0.717, 1.165) is 30.8 Å². The average Bonchev–Trinajstić information content (AvgIpc) is 3.21. The van der Waals surface area contributed by atoms with Crippen LogP contribution in [0.5, 0.6) is 11.5 Å². The second-order valence-corrected chi connectivity index (χ2v) is 8.91. The molecule has 2 aromatic rings. The summed E-state index contributed by atoms with van der Waals surface area (Å²) in [6.45, 7) is 1.93. The van der Waals surface area contributed by atoms with Crippen molar-refractivity contribution in [1.29, 1.82) is 0 Å². The molecule has 4 rings (SSSR count). The standard InChI is InChI=1S/C19H24N4O4S/c1-26-15-11-16(27-2)13-17(12-15)28(24,25)23-8-6-22(7-9-23)19-10-14-4-3-5-18(14)20-21-19/h10-13H,3-9H2,1-2H3. The molecule has 1 aromatic heterocycles. The molecule has 2 heterocycles. The monoisotopic (exact) mass is 404 g/mol. The van der Waals surface area contributed by atoms with Gasteiger partial charge >= 0.3 is 0 Å². The zero-order valence-corrected chi connectivity index (χ0v) is 16.9. The molecule has 1 aliphatic carbocycles. The maximum absolute atomic E-state index is 13.1. The summed E-state index contributed by atoms with van der Waals surface area (Å²) < 4.78 is 38.1. The maximum atomic E-state index is 13.1. The van der Waals surface area contributed by atoms with Crippen molar-refractivity contribution >= 4 is 15.8 Å². The fourth-order valence-electron chi connectivity index (χ4n) is 3.71. The number of hydrogen-bond acceptors (Lipinski definition) is 7. The van der Waals surface area contributed by atoms with Gasteiger partial charge in [-0.3, -0.25) is 0 Å². The molecule has 0 spiro atoms. The molecule has 0 N–H and O–H groups in total. The van der Waals surface area contributed by atoms with Crippen LogP contribution in [0.25, 0.3) is 0 Å². The van der Waals surface area contributed by atoms with Crippen molar-refractivity contribution in [2.24, 2.45) is 0 Å². The fraction of sp³-hybridized carbons (Fsp3) is 0.474. The number of rotatable bonds is 5. The summed E-state index contributed by atoms with van der Waals surface area (Å²) in [4.78, 5) is 2.28. The number of sulfonamides is 1. The van der Waals surface area contributed by atoms with Gasteiger partial charge in [0, 0.05) is 44.4 Å². The van der Waals surface area contributed by atoms with Crippen molar-refractivity contribution in [2.45, 2.75) is 24.2 Å². The highest BCUT2D eigenvalue weighted by Gasteiger charge is 2.30. The molecule has 2 aliphatic rings. The van der Waals surface area contributed by atoms with Gasteiger partial charge in [0.1, 0.15) is 11.5 Å². The van der Waals surface area contributed by atoms with Gasteiger partial charge in [0.15, 0.2) is 5.82 Å². The topological polar surface area (TPSA) is 84.9 Å². The lowest BCUT2D eigenvalue weighted by Gasteiger charge is -2.34. The number of piperazine rings is 1. The highest BCUT2D eigenvalue weighted by molar-refractivity contribution is 7.89. The molecule has 0 unspecified atom stereocenters. The fourth-order valence-corrected chi connectivity index (χ4v) is 5.18. The zero-order chi connectivity index (χ0) is 19.7. The normalized spacial score (nSPS) is 17.4. The minimum Gasteiger partial charge on any atom is -0.497 e. The number of nitrogens with zero attached hydrogens (tertiary/aromatic N) is 4. The molecule has 150 valence electrons. The molecule has 0 amide bonds. The van der Waals surface area contributed by atoms with Crippen molar-refractivity contribution in [3.63, 3.8) is 0 Å². The summed E-state index contributed by atoms with van der Waals surface area (Å²) in [7, 11) is -0.629. The highest BCUT2D eigenvalue weighted by Crippen LogP contribution is 2.29. The van der Waals surface area contributed by atoms with Crippen LogP contribution in [0.2, 0.25) is 0 Å². The lowest BCUT2D eigenvalue weighted by Crippen LogP contribution is -2.49. The Morgan fingerprint density at radius 1 is 0.893 bits per heavy atom. The number of aromatic nitrogens is 2. The van der Waals surface area contributed by atoms with E-state index in [9.17, 15) is 8.42 Å². The van der Waals surface area contributed by atoms with Crippen molar-refractivity contribution in [1.82, 2.24) is 14.5 Å². The first-order chi connectivity index (χ1) is 13.5. The summed E-state index contributed by atoms with van der Waals surface area (Å²) in [5, 5.41) is 8.68. The molecule has 1 fully saturated rings. The van der Waals surface area contributed by atoms with E-state index in [1.54, 1.807) is 6.07 Å². The van der Waals surface area contributed by atoms with E-state index in [0.29, 0.717) is 37.7 Å². The van der Waals surface area contributed by atoms with Crippen LogP contribution in [-0.2, 0) is 22.9 Å². The van der Waals surface area contributed by atoms with Crippen LogP contribution in [0, 0.1) is 0 Å². The number of hydrogen-bond donors (Lipinski definition) is 0. The summed E-state index contributed by atoms with van der Waals surface area (Å²) in [5.74, 6) is 1.73. The average molecular weight is 404 g/mol. The molecule has 1 saturated heterocycles. The van der Waals surface area contributed by atoms with Crippen molar-refractivity contribution in [3.05, 3.63) is 35.5 Å². The van der Waals surface area contributed by atoms with Gasteiger partial charge in [-0.2, -0.15) is 9.40 Å². The largest absolute Gasteiger partial charge is 0.497 e. The van der Waals surface area contributed by atoms with Crippen LogP contribution in [-0.4, -0.2) is 63.3 Å². The first-order valence-corrected chi connectivity index (χ1v) is 10.8. The summed E-state index contributed by atoms with van der Waals surface area (Å²) in [5.41, 5.74) is 2.36. The Labute approximate surface area is 165 Å². The zero-order valence-electron chi connectivity index (χ0n) is 16.1. The lowest BCUT2D eigenvalue weighted by atomic mass is 10.2. The van der Waals surface area contributed by atoms with Crippen LogP contribution in [0.15, 0.2) is 29.2 Å². The van der Waals surface area contributed by atoms with E-state index in [4.69, 9.17) is 9.47 Å². The minimum atomic E-state index is -3.63. The van der Waals surface area contributed by atoms with Gasteiger partial charge in [0.25, 0.3) is 0 Å². The van der Waals surface area contributed by atoms with E-state index in [1.165, 1.54) is 36.2 Å². The summed E-state index contributed by atoms with van der Waals surface area (Å²) in [6, 6.07) is 6.81. The van der Waals surface area contributed by atoms with Crippen LogP contribution < -0.4 is 14.4 Å². The Morgan fingerprint density at radius 3 is 2.21 bits per heavy atom. The Morgan fingerprint density at radius 2 is 1.57 bits per heavy atom. The number of anilines is 1. The van der Waals surface area contributed by atoms with Gasteiger partial charge in [0.05, 0.1) is 24.8 Å². The lowest BCUT2D eigenvalue weighted by molar-refractivity contribution is 0.378. The molecule has 0 radical (unpaired) electrons. The van der Waals surface area contributed by atoms with Crippen LogP contribution in [0.1, 0.15) is 17.7 Å². The Balaban J connectivity index is 1.50. The van der Waals surface area contributed by atoms with Crippen LogP contribution in [0.4, 0.5) is 5.82 Å². The maximum Gasteiger partial charge on any atom is 0.243 e. The molecule has 1 aliphatic heterocycles. The Bertz CT molecular complexity index is 950. The molecule has 8 nitrogen and oxygen atoms in total. The molecule has 9 heteroatoms. The first kappa shape index (κ1) is 18.9. The number of benzene rings is 1. The Hall–Kier alpha value is -2.39. The van der Waals surface area contributed by atoms with E-state index < -0.39 is 10.0 Å². The number of ether oxygens (including phenoxy) is 2. The van der Waals surface area contributed by atoms with E-state index in [-0.39, 0.29) is 4.90 Å². The van der Waals surface area contributed by atoms with Gasteiger partial charge in [-0.05, 0) is 30.9 Å². The number of aryl methyl sites for hydroxylation is 2.